The van der Waals surface area contributed by atoms with Crippen LogP contribution in [0, 0.1) is 0 Å². The fourth-order valence-corrected chi connectivity index (χ4v) is 4.82. The van der Waals surface area contributed by atoms with Crippen molar-refractivity contribution in [2.24, 2.45) is 4.99 Å². The van der Waals surface area contributed by atoms with Crippen molar-refractivity contribution in [1.29, 1.82) is 0 Å². The second kappa shape index (κ2) is 8.37. The molecule has 0 bridgehead atoms. The summed E-state index contributed by atoms with van der Waals surface area (Å²) in [4.78, 5) is 5.26. The predicted molar refractivity (Wildman–Crippen MR) is 141 cm³/mol. The molecule has 0 aliphatic carbocycles. The minimum absolute atomic E-state index is 0.110. The van der Waals surface area contributed by atoms with Crippen molar-refractivity contribution < 1.29 is 0 Å². The molecule has 0 aliphatic heterocycles. The molecule has 1 heteroatoms. The highest BCUT2D eigenvalue weighted by atomic mass is 14.8. The molecule has 0 radical (unpaired) electrons. The first-order chi connectivity index (χ1) is 16.4. The first-order valence-electron chi connectivity index (χ1n) is 11.3. The molecule has 0 atom stereocenters. The Kier molecular flexibility index (Phi) is 4.93. The number of hydrogen-bond acceptors (Lipinski definition) is 1. The first kappa shape index (κ1) is 19.5. The molecule has 0 amide bonds. The highest BCUT2D eigenvalue weighted by Crippen LogP contribution is 2.35. The maximum atomic E-state index is 5.26. The van der Waals surface area contributed by atoms with Crippen LogP contribution in [0.15, 0.2) is 132 Å². The third-order valence-electron chi connectivity index (χ3n) is 6.42. The Bertz CT molecular complexity index is 1530. The van der Waals surface area contributed by atoms with Crippen molar-refractivity contribution in [3.63, 3.8) is 0 Å². The summed E-state index contributed by atoms with van der Waals surface area (Å²) in [5.41, 5.74) is 3.58. The van der Waals surface area contributed by atoms with Gasteiger partial charge in [-0.1, -0.05) is 127 Å². The summed E-state index contributed by atoms with van der Waals surface area (Å²) in [7, 11) is 0. The van der Waals surface area contributed by atoms with E-state index in [2.05, 4.69) is 134 Å². The lowest BCUT2D eigenvalue weighted by Gasteiger charge is -2.18. The van der Waals surface area contributed by atoms with Gasteiger partial charge < -0.3 is 0 Å². The van der Waals surface area contributed by atoms with Gasteiger partial charge in [-0.25, -0.2) is 0 Å². The van der Waals surface area contributed by atoms with Crippen LogP contribution in [0.4, 0.5) is 0 Å². The second-order valence-corrected chi connectivity index (χ2v) is 8.39. The summed E-state index contributed by atoms with van der Waals surface area (Å²) in [5, 5.41) is 7.41. The van der Waals surface area contributed by atoms with Crippen molar-refractivity contribution in [1.82, 2.24) is 0 Å². The molecule has 0 saturated carbocycles. The minimum atomic E-state index is -0.110. The molecular formula is C32H23N. The van der Waals surface area contributed by atoms with Crippen molar-refractivity contribution in [2.45, 2.75) is 6.04 Å². The summed E-state index contributed by atoms with van der Waals surface area (Å²) in [6.45, 7) is 0. The van der Waals surface area contributed by atoms with E-state index in [0.717, 1.165) is 5.56 Å². The Labute approximate surface area is 193 Å². The minimum Gasteiger partial charge on any atom is -0.280 e. The predicted octanol–water partition coefficient (Wildman–Crippen LogP) is 8.35. The van der Waals surface area contributed by atoms with E-state index >= 15 is 0 Å². The monoisotopic (exact) mass is 421 g/mol. The fourth-order valence-electron chi connectivity index (χ4n) is 4.82. The number of nitrogens with zero attached hydrogens (tertiary/aromatic N) is 1. The van der Waals surface area contributed by atoms with E-state index in [9.17, 15) is 0 Å². The van der Waals surface area contributed by atoms with E-state index in [1.54, 1.807) is 0 Å². The molecule has 0 N–H and O–H groups in total. The average molecular weight is 422 g/mol. The van der Waals surface area contributed by atoms with Crippen molar-refractivity contribution in [3.8, 4) is 0 Å². The Hall–Kier alpha value is -4.23. The van der Waals surface area contributed by atoms with Crippen LogP contribution in [0.1, 0.15) is 22.7 Å². The zero-order valence-electron chi connectivity index (χ0n) is 18.2. The van der Waals surface area contributed by atoms with Gasteiger partial charge in [0.1, 0.15) is 6.04 Å². The van der Waals surface area contributed by atoms with E-state index in [1.807, 2.05) is 0 Å². The largest absolute Gasteiger partial charge is 0.280 e. The van der Waals surface area contributed by atoms with Crippen LogP contribution in [-0.4, -0.2) is 6.21 Å². The van der Waals surface area contributed by atoms with Gasteiger partial charge in [0.25, 0.3) is 0 Å². The molecule has 6 aromatic carbocycles. The van der Waals surface area contributed by atoms with Crippen LogP contribution in [-0.2, 0) is 0 Å². The van der Waals surface area contributed by atoms with Crippen LogP contribution >= 0.6 is 0 Å². The van der Waals surface area contributed by atoms with Gasteiger partial charge >= 0.3 is 0 Å². The molecule has 0 aromatic heterocycles. The summed E-state index contributed by atoms with van der Waals surface area (Å²) in [5.74, 6) is 0. The van der Waals surface area contributed by atoms with Crippen LogP contribution in [0.3, 0.4) is 0 Å². The van der Waals surface area contributed by atoms with Crippen molar-refractivity contribution in [3.05, 3.63) is 144 Å². The summed E-state index contributed by atoms with van der Waals surface area (Å²) < 4.78 is 0. The topological polar surface area (TPSA) is 12.4 Å². The van der Waals surface area contributed by atoms with Crippen LogP contribution in [0.5, 0.6) is 0 Å². The van der Waals surface area contributed by atoms with Crippen LogP contribution in [0.25, 0.3) is 32.3 Å². The standard InChI is InChI=1S/C32H23N/c1-4-17-27-23(10-1)13-7-16-26(27)22-33-32(30-20-8-14-24-11-2-5-18-28(24)30)31-21-9-15-25-12-3-6-19-29(25)31/h1-22,32H. The molecule has 0 heterocycles. The van der Waals surface area contributed by atoms with Gasteiger partial charge in [-0.15, -0.1) is 0 Å². The quantitative estimate of drug-likeness (QED) is 0.254. The Morgan fingerprint density at radius 1 is 0.424 bits per heavy atom. The molecule has 0 fully saturated rings. The molecular weight excluding hydrogens is 398 g/mol. The van der Waals surface area contributed by atoms with Crippen LogP contribution < -0.4 is 0 Å². The van der Waals surface area contributed by atoms with E-state index < -0.39 is 0 Å². The van der Waals surface area contributed by atoms with Gasteiger partial charge in [-0.3, -0.25) is 4.99 Å². The Morgan fingerprint density at radius 2 is 0.848 bits per heavy atom. The molecule has 33 heavy (non-hydrogen) atoms. The van der Waals surface area contributed by atoms with Gasteiger partial charge in [0, 0.05) is 11.8 Å². The lowest BCUT2D eigenvalue weighted by molar-refractivity contribution is 0.897. The van der Waals surface area contributed by atoms with E-state index in [0.29, 0.717) is 0 Å². The number of fused-ring (bicyclic) bond motifs is 3. The Morgan fingerprint density at radius 3 is 1.42 bits per heavy atom. The number of benzene rings is 6. The molecule has 0 unspecified atom stereocenters. The summed E-state index contributed by atoms with van der Waals surface area (Å²) in [6, 6.07) is 45.0. The van der Waals surface area contributed by atoms with Gasteiger partial charge in [-0.05, 0) is 43.4 Å². The maximum absolute atomic E-state index is 5.26. The molecule has 6 rings (SSSR count). The summed E-state index contributed by atoms with van der Waals surface area (Å²) >= 11 is 0. The third-order valence-corrected chi connectivity index (χ3v) is 6.42. The molecule has 6 aromatic rings. The lowest BCUT2D eigenvalue weighted by Crippen LogP contribution is -2.01. The number of rotatable bonds is 4. The fraction of sp³-hybridized carbons (Fsp3) is 0.0312. The number of aliphatic imine (C=N–C) groups is 1. The smallest absolute Gasteiger partial charge is 0.101 e. The SMILES string of the molecule is C(=NC(c1cccc2ccccc12)c1cccc2ccccc12)c1cccc2ccccc12. The maximum Gasteiger partial charge on any atom is 0.101 e. The molecule has 156 valence electrons. The van der Waals surface area contributed by atoms with Gasteiger partial charge in [0.2, 0.25) is 0 Å². The van der Waals surface area contributed by atoms with Gasteiger partial charge in [0.15, 0.2) is 0 Å². The van der Waals surface area contributed by atoms with E-state index in [1.165, 1.54) is 43.4 Å². The number of hydrogen-bond donors (Lipinski definition) is 0. The van der Waals surface area contributed by atoms with Gasteiger partial charge in [-0.2, -0.15) is 0 Å². The average Bonchev–Trinajstić information content (AvgIpc) is 2.89. The molecule has 0 aliphatic rings. The third kappa shape index (κ3) is 3.58. The summed E-state index contributed by atoms with van der Waals surface area (Å²) in [6.07, 6.45) is 2.05. The normalized spacial score (nSPS) is 11.8. The van der Waals surface area contributed by atoms with Crippen molar-refractivity contribution in [2.75, 3.05) is 0 Å². The Balaban J connectivity index is 1.59. The van der Waals surface area contributed by atoms with E-state index in [-0.39, 0.29) is 6.04 Å². The molecule has 0 spiro atoms. The lowest BCUT2D eigenvalue weighted by atomic mass is 9.91. The zero-order valence-corrected chi connectivity index (χ0v) is 18.2. The molecule has 0 saturated heterocycles. The van der Waals surface area contributed by atoms with E-state index in [4.69, 9.17) is 4.99 Å². The van der Waals surface area contributed by atoms with Crippen molar-refractivity contribution >= 4 is 38.5 Å². The highest BCUT2D eigenvalue weighted by molar-refractivity contribution is 6.00. The second-order valence-electron chi connectivity index (χ2n) is 8.39. The molecule has 1 nitrogen and oxygen atoms in total. The highest BCUT2D eigenvalue weighted by Gasteiger charge is 2.18. The zero-order chi connectivity index (χ0) is 22.0. The van der Waals surface area contributed by atoms with Gasteiger partial charge in [0.05, 0.1) is 0 Å². The van der Waals surface area contributed by atoms with Crippen LogP contribution in [0.2, 0.25) is 0 Å². The first-order valence-corrected chi connectivity index (χ1v) is 11.3.